The maximum atomic E-state index is 8.83. The Morgan fingerprint density at radius 3 is 2.52 bits per heavy atom. The molecule has 2 aromatic carbocycles. The minimum absolute atomic E-state index is 0. The molecule has 5 nitrogen and oxygen atoms in total. The number of halogens is 1. The highest BCUT2D eigenvalue weighted by atomic mass is 127. The van der Waals surface area contributed by atoms with Gasteiger partial charge in [-0.1, -0.05) is 24.3 Å². The fraction of sp³-hybridized carbons (Fsp3) is 0.263. The minimum atomic E-state index is 0. The molecule has 0 radical (unpaired) electrons. The van der Waals surface area contributed by atoms with E-state index in [2.05, 4.69) is 21.7 Å². The van der Waals surface area contributed by atoms with Gasteiger partial charge < -0.3 is 15.4 Å². The van der Waals surface area contributed by atoms with E-state index in [1.165, 1.54) is 0 Å². The molecule has 2 N–H and O–H groups in total. The van der Waals surface area contributed by atoms with Crippen molar-refractivity contribution in [2.45, 2.75) is 20.0 Å². The molecule has 0 atom stereocenters. The Morgan fingerprint density at radius 1 is 1.12 bits per heavy atom. The van der Waals surface area contributed by atoms with Crippen LogP contribution in [-0.4, -0.2) is 19.6 Å². The van der Waals surface area contributed by atoms with Crippen molar-refractivity contribution in [3.63, 3.8) is 0 Å². The number of rotatable bonds is 6. The monoisotopic (exact) mass is 450 g/mol. The second-order valence-corrected chi connectivity index (χ2v) is 5.21. The fourth-order valence-corrected chi connectivity index (χ4v) is 2.17. The van der Waals surface area contributed by atoms with Gasteiger partial charge in [0.25, 0.3) is 0 Å². The number of nitrogens with one attached hydrogen (secondary N) is 2. The lowest BCUT2D eigenvalue weighted by atomic mass is 10.1. The van der Waals surface area contributed by atoms with E-state index >= 15 is 0 Å². The zero-order valence-electron chi connectivity index (χ0n) is 14.5. The van der Waals surface area contributed by atoms with Crippen LogP contribution in [0.5, 0.6) is 5.75 Å². The summed E-state index contributed by atoms with van der Waals surface area (Å²) in [5, 5.41) is 15.4. The molecule has 6 heteroatoms. The summed E-state index contributed by atoms with van der Waals surface area (Å²) in [7, 11) is 1.66. The quantitative estimate of drug-likeness (QED) is 0.402. The predicted molar refractivity (Wildman–Crippen MR) is 111 cm³/mol. The van der Waals surface area contributed by atoms with E-state index in [4.69, 9.17) is 10.00 Å². The Hall–Kier alpha value is -2.27. The summed E-state index contributed by atoms with van der Waals surface area (Å²) in [5.74, 6) is 1.59. The highest BCUT2D eigenvalue weighted by molar-refractivity contribution is 14.0. The largest absolute Gasteiger partial charge is 0.497 e. The Balaban J connectivity index is 0.00000312. The zero-order chi connectivity index (χ0) is 17.2. The molecule has 0 saturated heterocycles. The van der Waals surface area contributed by atoms with E-state index in [1.807, 2.05) is 55.5 Å². The summed E-state index contributed by atoms with van der Waals surface area (Å²) in [4.78, 5) is 4.59. The lowest BCUT2D eigenvalue weighted by Crippen LogP contribution is -2.36. The molecule has 0 fully saturated rings. The van der Waals surface area contributed by atoms with E-state index in [1.54, 1.807) is 7.11 Å². The molecule has 25 heavy (non-hydrogen) atoms. The maximum absolute atomic E-state index is 8.83. The zero-order valence-corrected chi connectivity index (χ0v) is 16.8. The summed E-state index contributed by atoms with van der Waals surface area (Å²) in [6.07, 6.45) is 0. The van der Waals surface area contributed by atoms with Crippen molar-refractivity contribution in [2.75, 3.05) is 13.7 Å². The van der Waals surface area contributed by atoms with Gasteiger partial charge in [0.2, 0.25) is 0 Å². The second-order valence-electron chi connectivity index (χ2n) is 5.21. The molecule has 0 heterocycles. The lowest BCUT2D eigenvalue weighted by Gasteiger charge is -2.11. The number of aliphatic imine (C=N–C) groups is 1. The van der Waals surface area contributed by atoms with Gasteiger partial charge in [-0.25, -0.2) is 4.99 Å². The Morgan fingerprint density at radius 2 is 1.88 bits per heavy atom. The van der Waals surface area contributed by atoms with Gasteiger partial charge in [0.15, 0.2) is 5.96 Å². The van der Waals surface area contributed by atoms with Gasteiger partial charge in [0, 0.05) is 13.1 Å². The molecule has 0 bridgehead atoms. The van der Waals surface area contributed by atoms with Crippen LogP contribution in [0.3, 0.4) is 0 Å². The third kappa shape index (κ3) is 7.01. The van der Waals surface area contributed by atoms with Crippen molar-refractivity contribution in [1.82, 2.24) is 10.6 Å². The van der Waals surface area contributed by atoms with Gasteiger partial charge in [-0.15, -0.1) is 24.0 Å². The van der Waals surface area contributed by atoms with Gasteiger partial charge in [-0.2, -0.15) is 5.26 Å². The van der Waals surface area contributed by atoms with Crippen LogP contribution < -0.4 is 15.4 Å². The van der Waals surface area contributed by atoms with Gasteiger partial charge >= 0.3 is 0 Å². The molecular weight excluding hydrogens is 427 g/mol. The predicted octanol–water partition coefficient (Wildman–Crippen LogP) is 3.44. The average Bonchev–Trinajstić information content (AvgIpc) is 2.64. The molecule has 0 aliphatic heterocycles. The SMILES string of the molecule is CCNC(=NCc1cccc(OC)c1)NCc1ccc(C#N)cc1.I. The van der Waals surface area contributed by atoms with Gasteiger partial charge in [0.1, 0.15) is 5.75 Å². The first-order valence-corrected chi connectivity index (χ1v) is 7.89. The highest BCUT2D eigenvalue weighted by Gasteiger charge is 2.00. The number of hydrogen-bond donors (Lipinski definition) is 2. The Labute approximate surface area is 166 Å². The van der Waals surface area contributed by atoms with Crippen molar-refractivity contribution < 1.29 is 4.74 Å². The molecule has 0 unspecified atom stereocenters. The first-order valence-electron chi connectivity index (χ1n) is 7.89. The van der Waals surface area contributed by atoms with Crippen molar-refractivity contribution >= 4 is 29.9 Å². The number of nitriles is 1. The summed E-state index contributed by atoms with van der Waals surface area (Å²) >= 11 is 0. The average molecular weight is 450 g/mol. The molecule has 132 valence electrons. The fourth-order valence-electron chi connectivity index (χ4n) is 2.17. The van der Waals surface area contributed by atoms with Crippen LogP contribution >= 0.6 is 24.0 Å². The van der Waals surface area contributed by atoms with Crippen LogP contribution in [0.2, 0.25) is 0 Å². The van der Waals surface area contributed by atoms with Crippen molar-refractivity contribution in [3.8, 4) is 11.8 Å². The number of ether oxygens (including phenoxy) is 1. The molecule has 2 rings (SSSR count). The number of benzene rings is 2. The lowest BCUT2D eigenvalue weighted by molar-refractivity contribution is 0.414. The summed E-state index contributed by atoms with van der Waals surface area (Å²) in [6.45, 7) is 4.04. The van der Waals surface area contributed by atoms with Gasteiger partial charge in [-0.3, -0.25) is 0 Å². The van der Waals surface area contributed by atoms with E-state index in [9.17, 15) is 0 Å². The summed E-state index contributed by atoms with van der Waals surface area (Å²) in [6, 6.07) is 17.5. The third-order valence-corrected chi connectivity index (χ3v) is 3.44. The van der Waals surface area contributed by atoms with Gasteiger partial charge in [0.05, 0.1) is 25.3 Å². The Kier molecular flexibility index (Phi) is 9.40. The third-order valence-electron chi connectivity index (χ3n) is 3.44. The van der Waals surface area contributed by atoms with E-state index < -0.39 is 0 Å². The van der Waals surface area contributed by atoms with E-state index in [0.717, 1.165) is 29.4 Å². The smallest absolute Gasteiger partial charge is 0.191 e. The normalized spacial score (nSPS) is 10.4. The maximum Gasteiger partial charge on any atom is 0.191 e. The topological polar surface area (TPSA) is 69.4 Å². The number of hydrogen-bond acceptors (Lipinski definition) is 3. The number of nitrogens with zero attached hydrogens (tertiary/aromatic N) is 2. The van der Waals surface area contributed by atoms with Crippen molar-refractivity contribution in [1.29, 1.82) is 5.26 Å². The van der Waals surface area contributed by atoms with E-state index in [-0.39, 0.29) is 24.0 Å². The first-order chi connectivity index (χ1) is 11.7. The summed E-state index contributed by atoms with van der Waals surface area (Å²) < 4.78 is 5.23. The van der Waals surface area contributed by atoms with Crippen LogP contribution in [0.15, 0.2) is 53.5 Å². The molecule has 0 saturated carbocycles. The molecule has 0 aliphatic rings. The second kappa shape index (κ2) is 11.3. The van der Waals surface area contributed by atoms with Crippen molar-refractivity contribution in [3.05, 3.63) is 65.2 Å². The minimum Gasteiger partial charge on any atom is -0.497 e. The van der Waals surface area contributed by atoms with Crippen LogP contribution in [-0.2, 0) is 13.1 Å². The van der Waals surface area contributed by atoms with Crippen LogP contribution in [0.25, 0.3) is 0 Å². The number of methoxy groups -OCH3 is 1. The van der Waals surface area contributed by atoms with Crippen molar-refractivity contribution in [2.24, 2.45) is 4.99 Å². The molecule has 0 aromatic heterocycles. The molecule has 0 aliphatic carbocycles. The summed E-state index contributed by atoms with van der Waals surface area (Å²) in [5.41, 5.74) is 2.85. The molecule has 0 spiro atoms. The first kappa shape index (κ1) is 20.8. The van der Waals surface area contributed by atoms with Crippen LogP contribution in [0.4, 0.5) is 0 Å². The van der Waals surface area contributed by atoms with Crippen LogP contribution in [0.1, 0.15) is 23.6 Å². The van der Waals surface area contributed by atoms with E-state index in [0.29, 0.717) is 18.7 Å². The molecular formula is C19H23IN4O. The standard InChI is InChI=1S/C19H22N4O.HI/c1-3-21-19(22-13-16-9-7-15(12-20)8-10-16)23-14-17-5-4-6-18(11-17)24-2;/h4-11H,3,13-14H2,1-2H3,(H2,21,22,23);1H. The van der Waals surface area contributed by atoms with Gasteiger partial charge in [-0.05, 0) is 42.3 Å². The molecule has 0 amide bonds. The number of guanidine groups is 1. The highest BCUT2D eigenvalue weighted by Crippen LogP contribution is 2.13. The Bertz CT molecular complexity index is 723. The molecule has 2 aromatic rings. The van der Waals surface area contributed by atoms with Crippen LogP contribution in [0, 0.1) is 11.3 Å².